The van der Waals surface area contributed by atoms with Crippen molar-refractivity contribution in [3.63, 3.8) is 0 Å². The van der Waals surface area contributed by atoms with Gasteiger partial charge in [0.15, 0.2) is 11.5 Å². The third-order valence-corrected chi connectivity index (χ3v) is 6.46. The van der Waals surface area contributed by atoms with Gasteiger partial charge in [-0.15, -0.1) is 0 Å². The molecule has 32 heavy (non-hydrogen) atoms. The summed E-state index contributed by atoms with van der Waals surface area (Å²) >= 11 is 9.68. The predicted octanol–water partition coefficient (Wildman–Crippen LogP) is 5.83. The number of rotatable bonds is 5. The third-order valence-electron chi connectivity index (χ3n) is 5.51. The lowest BCUT2D eigenvalue weighted by molar-refractivity contribution is -0.244. The first-order chi connectivity index (χ1) is 15.4. The minimum Gasteiger partial charge on any atom is -0.493 e. The Morgan fingerprint density at radius 2 is 1.78 bits per heavy atom. The molecule has 2 fully saturated rings. The molecule has 1 heterocycles. The molecule has 1 saturated carbocycles. The van der Waals surface area contributed by atoms with Crippen molar-refractivity contribution in [3.8, 4) is 11.5 Å². The van der Waals surface area contributed by atoms with Crippen molar-refractivity contribution in [1.29, 1.82) is 0 Å². The van der Waals surface area contributed by atoms with Crippen molar-refractivity contribution in [2.24, 2.45) is 0 Å². The molecule has 1 saturated heterocycles. The van der Waals surface area contributed by atoms with Gasteiger partial charge >= 0.3 is 11.9 Å². The number of esters is 2. The van der Waals surface area contributed by atoms with Crippen LogP contribution in [0.2, 0.25) is 5.02 Å². The van der Waals surface area contributed by atoms with Crippen molar-refractivity contribution < 1.29 is 28.5 Å². The smallest absolute Gasteiger partial charge is 0.348 e. The van der Waals surface area contributed by atoms with Crippen LogP contribution in [0.15, 0.2) is 46.4 Å². The molecule has 168 valence electrons. The quantitative estimate of drug-likeness (QED) is 0.280. The summed E-state index contributed by atoms with van der Waals surface area (Å²) in [4.78, 5) is 25.2. The predicted molar refractivity (Wildman–Crippen MR) is 122 cm³/mol. The molecular weight excluding hydrogens is 500 g/mol. The van der Waals surface area contributed by atoms with E-state index in [-0.39, 0.29) is 12.2 Å². The zero-order valence-electron chi connectivity index (χ0n) is 17.5. The summed E-state index contributed by atoms with van der Waals surface area (Å²) in [5.41, 5.74) is 1.24. The summed E-state index contributed by atoms with van der Waals surface area (Å²) in [5.74, 6) is -1.54. The minimum atomic E-state index is -1.11. The normalized spacial score (nSPS) is 17.5. The van der Waals surface area contributed by atoms with Gasteiger partial charge in [0, 0.05) is 23.4 Å². The van der Waals surface area contributed by atoms with Crippen LogP contribution >= 0.6 is 27.5 Å². The summed E-state index contributed by atoms with van der Waals surface area (Å²) in [5, 5.41) is 0.606. The van der Waals surface area contributed by atoms with Gasteiger partial charge in [0.2, 0.25) is 0 Å². The first kappa shape index (κ1) is 22.7. The first-order valence-corrected chi connectivity index (χ1v) is 11.5. The third kappa shape index (κ3) is 4.79. The van der Waals surface area contributed by atoms with Crippen LogP contribution in [0.3, 0.4) is 0 Å². The molecule has 0 aromatic heterocycles. The number of benzene rings is 2. The van der Waals surface area contributed by atoms with E-state index in [4.69, 9.17) is 30.5 Å². The van der Waals surface area contributed by atoms with Crippen molar-refractivity contribution >= 4 is 45.5 Å². The molecule has 0 N–H and O–H groups in total. The van der Waals surface area contributed by atoms with Gasteiger partial charge in [-0.3, -0.25) is 0 Å². The highest BCUT2D eigenvalue weighted by atomic mass is 79.9. The maximum Gasteiger partial charge on any atom is 0.348 e. The van der Waals surface area contributed by atoms with Crippen molar-refractivity contribution in [1.82, 2.24) is 0 Å². The number of carbonyl (C=O) groups excluding carboxylic acids is 2. The molecule has 6 nitrogen and oxygen atoms in total. The summed E-state index contributed by atoms with van der Waals surface area (Å²) in [6.45, 7) is 0.246. The average Bonchev–Trinajstić information content (AvgIpc) is 2.77. The second-order valence-electron chi connectivity index (χ2n) is 7.72. The molecule has 4 rings (SSSR count). The van der Waals surface area contributed by atoms with E-state index in [2.05, 4.69) is 15.9 Å². The van der Waals surface area contributed by atoms with Crippen LogP contribution in [0.25, 0.3) is 6.08 Å². The Kier molecular flexibility index (Phi) is 6.76. The SMILES string of the molecule is COc1cc(C=C2C(=O)OC3(CCCCC3)OC2=O)cc(Br)c1OCc1ccccc1Cl. The van der Waals surface area contributed by atoms with Gasteiger partial charge in [0.1, 0.15) is 12.2 Å². The molecule has 0 amide bonds. The van der Waals surface area contributed by atoms with Gasteiger partial charge in [-0.2, -0.15) is 0 Å². The van der Waals surface area contributed by atoms with Gasteiger partial charge in [-0.25, -0.2) is 9.59 Å². The van der Waals surface area contributed by atoms with Crippen LogP contribution < -0.4 is 9.47 Å². The lowest BCUT2D eigenvalue weighted by Crippen LogP contribution is -2.47. The van der Waals surface area contributed by atoms with Crippen LogP contribution in [0, 0.1) is 0 Å². The van der Waals surface area contributed by atoms with E-state index in [1.54, 1.807) is 18.2 Å². The molecule has 2 aromatic carbocycles. The van der Waals surface area contributed by atoms with E-state index < -0.39 is 17.7 Å². The summed E-state index contributed by atoms with van der Waals surface area (Å²) < 4.78 is 23.1. The maximum absolute atomic E-state index is 12.6. The molecule has 2 aromatic rings. The van der Waals surface area contributed by atoms with E-state index >= 15 is 0 Å². The van der Waals surface area contributed by atoms with Gasteiger partial charge in [0.25, 0.3) is 5.79 Å². The molecule has 8 heteroatoms. The highest BCUT2D eigenvalue weighted by molar-refractivity contribution is 9.10. The van der Waals surface area contributed by atoms with Crippen LogP contribution in [0.1, 0.15) is 43.2 Å². The van der Waals surface area contributed by atoms with Crippen LogP contribution in [0.4, 0.5) is 0 Å². The Balaban J connectivity index is 1.56. The molecule has 0 atom stereocenters. The number of hydrogen-bond donors (Lipinski definition) is 0. The van der Waals surface area contributed by atoms with Gasteiger partial charge in [-0.05, 0) is 58.6 Å². The Morgan fingerprint density at radius 1 is 1.09 bits per heavy atom. The van der Waals surface area contributed by atoms with Crippen molar-refractivity contribution in [2.45, 2.75) is 44.5 Å². The number of methoxy groups -OCH3 is 1. The first-order valence-electron chi connectivity index (χ1n) is 10.3. The lowest BCUT2D eigenvalue weighted by atomic mass is 9.93. The molecule has 0 radical (unpaired) electrons. The zero-order valence-corrected chi connectivity index (χ0v) is 19.8. The fourth-order valence-corrected chi connectivity index (χ4v) is 4.62. The monoisotopic (exact) mass is 520 g/mol. The number of carbonyl (C=O) groups is 2. The molecule has 0 unspecified atom stereocenters. The maximum atomic E-state index is 12.6. The largest absolute Gasteiger partial charge is 0.493 e. The van der Waals surface area contributed by atoms with Gasteiger partial charge < -0.3 is 18.9 Å². The number of ether oxygens (including phenoxy) is 4. The molecule has 1 aliphatic carbocycles. The molecule has 1 aliphatic heterocycles. The van der Waals surface area contributed by atoms with Crippen LogP contribution in [0.5, 0.6) is 11.5 Å². The number of halogens is 2. The minimum absolute atomic E-state index is 0.153. The second-order valence-corrected chi connectivity index (χ2v) is 8.98. The number of hydrogen-bond acceptors (Lipinski definition) is 6. The summed E-state index contributed by atoms with van der Waals surface area (Å²) in [7, 11) is 1.51. The second kappa shape index (κ2) is 9.55. The standard InChI is InChI=1S/C24H22BrClO6/c1-29-20-13-15(12-18(25)21(20)30-14-16-7-3-4-8-19(16)26)11-17-22(27)31-24(32-23(17)28)9-5-2-6-10-24/h3-4,7-8,11-13H,2,5-6,9-10,14H2,1H3. The Morgan fingerprint density at radius 3 is 2.44 bits per heavy atom. The highest BCUT2D eigenvalue weighted by Gasteiger charge is 2.46. The molecule has 2 aliphatic rings. The topological polar surface area (TPSA) is 71.1 Å². The van der Waals surface area contributed by atoms with E-state index in [1.165, 1.54) is 13.2 Å². The van der Waals surface area contributed by atoms with Crippen LogP contribution in [-0.4, -0.2) is 24.8 Å². The molecule has 0 bridgehead atoms. The van der Waals surface area contributed by atoms with Gasteiger partial charge in [0.05, 0.1) is 11.6 Å². The van der Waals surface area contributed by atoms with E-state index in [0.29, 0.717) is 39.4 Å². The summed E-state index contributed by atoms with van der Waals surface area (Å²) in [6, 6.07) is 10.8. The molecule has 1 spiro atoms. The lowest BCUT2D eigenvalue weighted by Gasteiger charge is -2.38. The zero-order chi connectivity index (χ0) is 22.7. The average molecular weight is 522 g/mol. The van der Waals surface area contributed by atoms with Gasteiger partial charge in [-0.1, -0.05) is 36.2 Å². The van der Waals surface area contributed by atoms with E-state index in [1.807, 2.05) is 18.2 Å². The van der Waals surface area contributed by atoms with E-state index in [9.17, 15) is 9.59 Å². The van der Waals surface area contributed by atoms with Crippen molar-refractivity contribution in [2.75, 3.05) is 7.11 Å². The Hall–Kier alpha value is -2.51. The Labute approximate surface area is 199 Å². The van der Waals surface area contributed by atoms with Crippen molar-refractivity contribution in [3.05, 3.63) is 62.6 Å². The fraction of sp³-hybridized carbons (Fsp3) is 0.333. The van der Waals surface area contributed by atoms with E-state index in [0.717, 1.165) is 24.8 Å². The highest BCUT2D eigenvalue weighted by Crippen LogP contribution is 2.40. The van der Waals surface area contributed by atoms with Crippen LogP contribution in [-0.2, 0) is 25.7 Å². The fourth-order valence-electron chi connectivity index (χ4n) is 3.86. The Bertz CT molecular complexity index is 1050. The molecular formula is C24H22BrClO6. The summed E-state index contributed by atoms with van der Waals surface area (Å²) in [6.07, 6.45) is 5.27.